The lowest BCUT2D eigenvalue weighted by Crippen LogP contribution is -2.17. The van der Waals surface area contributed by atoms with Gasteiger partial charge >= 0.3 is 5.76 Å². The first-order chi connectivity index (χ1) is 9.75. The highest BCUT2D eigenvalue weighted by Crippen LogP contribution is 2.16. The molecule has 0 radical (unpaired) electrons. The lowest BCUT2D eigenvalue weighted by molar-refractivity contribution is 0.378. The maximum Gasteiger partial charge on any atom is 0.442 e. The van der Waals surface area contributed by atoms with Crippen molar-refractivity contribution in [3.05, 3.63) is 58.2 Å². The van der Waals surface area contributed by atoms with Gasteiger partial charge in [0.15, 0.2) is 0 Å². The zero-order chi connectivity index (χ0) is 13.9. The van der Waals surface area contributed by atoms with Crippen molar-refractivity contribution >= 4 is 11.6 Å². The van der Waals surface area contributed by atoms with Crippen LogP contribution in [0.5, 0.6) is 0 Å². The zero-order valence-corrected chi connectivity index (χ0v) is 10.9. The summed E-state index contributed by atoms with van der Waals surface area (Å²) in [5.74, 6) is -0.298. The van der Waals surface area contributed by atoms with Crippen molar-refractivity contribution < 1.29 is 4.52 Å². The van der Waals surface area contributed by atoms with Gasteiger partial charge in [0.05, 0.1) is 12.7 Å². The van der Waals surface area contributed by atoms with E-state index in [1.807, 2.05) is 0 Å². The molecule has 0 saturated carbocycles. The molecule has 0 unspecified atom stereocenters. The fourth-order valence-corrected chi connectivity index (χ4v) is 1.89. The highest BCUT2D eigenvalue weighted by molar-refractivity contribution is 6.30. The molecule has 0 atom stereocenters. The summed E-state index contributed by atoms with van der Waals surface area (Å²) in [6, 6.07) is 3.51. The van der Waals surface area contributed by atoms with Gasteiger partial charge in [0.1, 0.15) is 10.8 Å². The Morgan fingerprint density at radius 2 is 2.15 bits per heavy atom. The number of rotatable bonds is 3. The number of hydrogen-bond donors (Lipinski definition) is 0. The molecule has 3 heterocycles. The van der Waals surface area contributed by atoms with Gasteiger partial charge in [-0.25, -0.2) is 14.8 Å². The first kappa shape index (κ1) is 12.5. The van der Waals surface area contributed by atoms with Crippen LogP contribution in [-0.4, -0.2) is 24.7 Å². The molecule has 0 fully saturated rings. The Labute approximate surface area is 117 Å². The van der Waals surface area contributed by atoms with Crippen molar-refractivity contribution in [2.24, 2.45) is 0 Å². The van der Waals surface area contributed by atoms with Crippen LogP contribution in [0.2, 0.25) is 5.15 Å². The van der Waals surface area contributed by atoms with E-state index >= 15 is 0 Å². The second-order valence-electron chi connectivity index (χ2n) is 3.90. The molecule has 0 amide bonds. The Balaban J connectivity index is 2.05. The lowest BCUT2D eigenvalue weighted by Gasteiger charge is -2.05. The monoisotopic (exact) mass is 289 g/mol. The highest BCUT2D eigenvalue weighted by Gasteiger charge is 2.15. The number of hydrogen-bond acceptors (Lipinski definition) is 6. The zero-order valence-electron chi connectivity index (χ0n) is 10.1. The number of aromatic nitrogens is 5. The number of nitrogens with zero attached hydrogens (tertiary/aromatic N) is 5. The Morgan fingerprint density at radius 3 is 2.90 bits per heavy atom. The third-order valence-electron chi connectivity index (χ3n) is 2.64. The molecule has 100 valence electrons. The van der Waals surface area contributed by atoms with Gasteiger partial charge in [-0.15, -0.1) is 0 Å². The molecule has 0 aliphatic heterocycles. The molecule has 8 heteroatoms. The first-order valence-electron chi connectivity index (χ1n) is 5.68. The number of halogens is 1. The van der Waals surface area contributed by atoms with E-state index in [1.165, 1.54) is 23.2 Å². The molecule has 3 aromatic heterocycles. The average Bonchev–Trinajstić information content (AvgIpc) is 2.84. The fourth-order valence-electron chi connectivity index (χ4n) is 1.71. The van der Waals surface area contributed by atoms with Crippen LogP contribution in [-0.2, 0) is 6.54 Å². The van der Waals surface area contributed by atoms with Gasteiger partial charge in [-0.3, -0.25) is 14.1 Å². The van der Waals surface area contributed by atoms with Crippen LogP contribution in [0.3, 0.4) is 0 Å². The largest absolute Gasteiger partial charge is 0.442 e. The Morgan fingerprint density at radius 1 is 1.25 bits per heavy atom. The van der Waals surface area contributed by atoms with E-state index in [-0.39, 0.29) is 6.54 Å². The second-order valence-corrected chi connectivity index (χ2v) is 4.26. The van der Waals surface area contributed by atoms with Crippen LogP contribution < -0.4 is 5.76 Å². The third kappa shape index (κ3) is 2.30. The Kier molecular flexibility index (Phi) is 3.26. The normalized spacial score (nSPS) is 10.7. The molecule has 20 heavy (non-hydrogen) atoms. The van der Waals surface area contributed by atoms with Crippen molar-refractivity contribution in [1.29, 1.82) is 0 Å². The maximum atomic E-state index is 11.8. The minimum Gasteiger partial charge on any atom is -0.295 e. The first-order valence-corrected chi connectivity index (χ1v) is 6.06. The molecule has 0 aromatic carbocycles. The standard InChI is InChI=1S/C12H8ClN5O2/c13-10-8(2-1-3-16-10)7-18-11(17-20-12(18)19)9-6-14-4-5-15-9/h1-6H,7H2. The molecule has 3 rings (SSSR count). The van der Waals surface area contributed by atoms with E-state index in [2.05, 4.69) is 24.6 Å². The van der Waals surface area contributed by atoms with Crippen LogP contribution in [0.25, 0.3) is 11.5 Å². The van der Waals surface area contributed by atoms with Crippen molar-refractivity contribution in [2.45, 2.75) is 6.54 Å². The van der Waals surface area contributed by atoms with Gasteiger partial charge in [0.25, 0.3) is 0 Å². The van der Waals surface area contributed by atoms with Crippen LogP contribution in [0.4, 0.5) is 0 Å². The molecule has 7 nitrogen and oxygen atoms in total. The van der Waals surface area contributed by atoms with E-state index in [0.717, 1.165) is 0 Å². The van der Waals surface area contributed by atoms with Gasteiger partial charge in [-0.05, 0) is 6.07 Å². The van der Waals surface area contributed by atoms with Gasteiger partial charge < -0.3 is 0 Å². The lowest BCUT2D eigenvalue weighted by atomic mass is 10.3. The summed E-state index contributed by atoms with van der Waals surface area (Å²) in [5.41, 5.74) is 1.13. The topological polar surface area (TPSA) is 86.7 Å². The van der Waals surface area contributed by atoms with E-state index < -0.39 is 5.76 Å². The third-order valence-corrected chi connectivity index (χ3v) is 2.98. The van der Waals surface area contributed by atoms with Gasteiger partial charge in [0.2, 0.25) is 5.82 Å². The highest BCUT2D eigenvalue weighted by atomic mass is 35.5. The minimum atomic E-state index is -0.592. The second kappa shape index (κ2) is 5.22. The summed E-state index contributed by atoms with van der Waals surface area (Å²) in [6.45, 7) is 0.195. The van der Waals surface area contributed by atoms with Gasteiger partial charge in [-0.2, -0.15) is 0 Å². The fraction of sp³-hybridized carbons (Fsp3) is 0.0833. The molecular formula is C12H8ClN5O2. The molecule has 0 aliphatic carbocycles. The summed E-state index contributed by atoms with van der Waals surface area (Å²) < 4.78 is 6.01. The van der Waals surface area contributed by atoms with Crippen LogP contribution in [0.15, 0.2) is 46.2 Å². The van der Waals surface area contributed by atoms with E-state index in [1.54, 1.807) is 18.3 Å². The number of pyridine rings is 1. The van der Waals surface area contributed by atoms with Crippen LogP contribution in [0.1, 0.15) is 5.56 Å². The predicted octanol–water partition coefficient (Wildman–Crippen LogP) is 1.39. The quantitative estimate of drug-likeness (QED) is 0.677. The summed E-state index contributed by atoms with van der Waals surface area (Å²) in [5, 5.41) is 4.05. The van der Waals surface area contributed by atoms with Crippen molar-refractivity contribution in [1.82, 2.24) is 24.7 Å². The Bertz CT molecular complexity index is 784. The molecule has 0 spiro atoms. The van der Waals surface area contributed by atoms with Crippen LogP contribution in [0, 0.1) is 0 Å². The summed E-state index contributed by atoms with van der Waals surface area (Å²) in [7, 11) is 0. The van der Waals surface area contributed by atoms with Gasteiger partial charge in [0, 0.05) is 24.2 Å². The van der Waals surface area contributed by atoms with E-state index in [0.29, 0.717) is 22.2 Å². The molecule has 0 saturated heterocycles. The minimum absolute atomic E-state index is 0.195. The SMILES string of the molecule is O=c1onc(-c2cnccn2)n1Cc1cccnc1Cl. The molecule has 0 N–H and O–H groups in total. The Hall–Kier alpha value is -2.54. The van der Waals surface area contributed by atoms with Crippen molar-refractivity contribution in [2.75, 3.05) is 0 Å². The van der Waals surface area contributed by atoms with Crippen LogP contribution >= 0.6 is 11.6 Å². The molecule has 0 aliphatic rings. The van der Waals surface area contributed by atoms with E-state index in [9.17, 15) is 4.79 Å². The summed E-state index contributed by atoms with van der Waals surface area (Å²) >= 11 is 5.99. The van der Waals surface area contributed by atoms with E-state index in [4.69, 9.17) is 11.6 Å². The average molecular weight is 290 g/mol. The molecular weight excluding hydrogens is 282 g/mol. The summed E-state index contributed by atoms with van der Waals surface area (Å²) in [6.07, 6.45) is 6.12. The van der Waals surface area contributed by atoms with Crippen molar-refractivity contribution in [3.63, 3.8) is 0 Å². The summed E-state index contributed by atoms with van der Waals surface area (Å²) in [4.78, 5) is 23.7. The van der Waals surface area contributed by atoms with Gasteiger partial charge in [-0.1, -0.05) is 22.8 Å². The molecule has 3 aromatic rings. The smallest absolute Gasteiger partial charge is 0.295 e. The van der Waals surface area contributed by atoms with Crippen molar-refractivity contribution in [3.8, 4) is 11.5 Å². The maximum absolute atomic E-state index is 11.8. The molecule has 0 bridgehead atoms. The predicted molar refractivity (Wildman–Crippen MR) is 70.1 cm³/mol.